The van der Waals surface area contributed by atoms with E-state index in [4.69, 9.17) is 4.74 Å². The third kappa shape index (κ3) is 3.02. The molecule has 0 rings (SSSR count). The first-order valence-corrected chi connectivity index (χ1v) is 4.98. The Labute approximate surface area is 81.7 Å². The van der Waals surface area contributed by atoms with Crippen molar-refractivity contribution in [2.24, 2.45) is 5.41 Å². The van der Waals surface area contributed by atoms with Gasteiger partial charge in [0.2, 0.25) is 0 Å². The van der Waals surface area contributed by atoms with E-state index in [1.807, 2.05) is 20.8 Å². The molecule has 0 saturated heterocycles. The molecule has 0 aromatic rings. The van der Waals surface area contributed by atoms with Crippen LogP contribution in [0.5, 0.6) is 0 Å². The number of hydrogen-bond donors (Lipinski definition) is 0. The summed E-state index contributed by atoms with van der Waals surface area (Å²) in [6.07, 6.45) is 1.44. The van der Waals surface area contributed by atoms with E-state index in [2.05, 4.69) is 20.8 Å². The Bertz CT molecular complexity index is 181. The van der Waals surface area contributed by atoms with E-state index in [0.717, 1.165) is 6.42 Å². The van der Waals surface area contributed by atoms with Gasteiger partial charge in [-0.3, -0.25) is 4.79 Å². The van der Waals surface area contributed by atoms with E-state index in [0.29, 0.717) is 6.42 Å². The van der Waals surface area contributed by atoms with Gasteiger partial charge in [0.25, 0.3) is 0 Å². The zero-order chi connectivity index (χ0) is 10.7. The summed E-state index contributed by atoms with van der Waals surface area (Å²) < 4.78 is 5.40. The van der Waals surface area contributed by atoms with Crippen molar-refractivity contribution in [2.45, 2.75) is 60.0 Å². The molecule has 0 N–H and O–H groups in total. The van der Waals surface area contributed by atoms with Crippen LogP contribution < -0.4 is 0 Å². The SMILES string of the molecule is CCC(=O)OC(C)(C)C(C)(C)CC. The zero-order valence-electron chi connectivity index (χ0n) is 9.73. The Morgan fingerprint density at radius 1 is 1.15 bits per heavy atom. The van der Waals surface area contributed by atoms with Crippen LogP contribution in [0, 0.1) is 5.41 Å². The molecule has 13 heavy (non-hydrogen) atoms. The maximum Gasteiger partial charge on any atom is 0.306 e. The zero-order valence-corrected chi connectivity index (χ0v) is 9.73. The van der Waals surface area contributed by atoms with Crippen LogP contribution in [-0.2, 0) is 9.53 Å². The average molecular weight is 186 g/mol. The van der Waals surface area contributed by atoms with Gasteiger partial charge in [-0.2, -0.15) is 0 Å². The summed E-state index contributed by atoms with van der Waals surface area (Å²) in [5, 5.41) is 0. The molecule has 0 spiro atoms. The predicted octanol–water partition coefficient (Wildman–Crippen LogP) is 3.15. The van der Waals surface area contributed by atoms with Crippen LogP contribution in [0.4, 0.5) is 0 Å². The fourth-order valence-corrected chi connectivity index (χ4v) is 0.921. The van der Waals surface area contributed by atoms with Gasteiger partial charge < -0.3 is 4.74 Å². The number of ether oxygens (including phenoxy) is 1. The minimum atomic E-state index is -0.380. The second-order valence-corrected chi connectivity index (χ2v) is 4.58. The summed E-state index contributed by atoms with van der Waals surface area (Å²) in [6.45, 7) is 12.1. The van der Waals surface area contributed by atoms with Crippen LogP contribution in [0.3, 0.4) is 0 Å². The highest BCUT2D eigenvalue weighted by atomic mass is 16.6. The van der Waals surface area contributed by atoms with Crippen molar-refractivity contribution >= 4 is 5.97 Å². The molecule has 0 aliphatic carbocycles. The monoisotopic (exact) mass is 186 g/mol. The highest BCUT2D eigenvalue weighted by Crippen LogP contribution is 2.36. The molecule has 0 saturated carbocycles. The molecule has 0 aliphatic heterocycles. The molecule has 0 radical (unpaired) electrons. The van der Waals surface area contributed by atoms with E-state index in [9.17, 15) is 4.79 Å². The van der Waals surface area contributed by atoms with Crippen molar-refractivity contribution in [1.82, 2.24) is 0 Å². The molecule has 0 unspecified atom stereocenters. The molecule has 78 valence electrons. The molecule has 0 fully saturated rings. The standard InChI is InChI=1S/C11H22O2/c1-7-9(12)13-11(5,6)10(3,4)8-2/h7-8H2,1-6H3. The fourth-order valence-electron chi connectivity index (χ4n) is 0.921. The molecule has 0 aromatic carbocycles. The maximum atomic E-state index is 11.2. The summed E-state index contributed by atoms with van der Waals surface area (Å²) >= 11 is 0. The van der Waals surface area contributed by atoms with Crippen LogP contribution in [0.2, 0.25) is 0 Å². The lowest BCUT2D eigenvalue weighted by molar-refractivity contribution is -0.168. The Balaban J connectivity index is 4.47. The fraction of sp³-hybridized carbons (Fsp3) is 0.909. The topological polar surface area (TPSA) is 26.3 Å². The van der Waals surface area contributed by atoms with Crippen LogP contribution >= 0.6 is 0 Å². The van der Waals surface area contributed by atoms with Crippen molar-refractivity contribution in [3.63, 3.8) is 0 Å². The quantitative estimate of drug-likeness (QED) is 0.630. The Morgan fingerprint density at radius 2 is 1.62 bits per heavy atom. The van der Waals surface area contributed by atoms with Crippen LogP contribution in [-0.4, -0.2) is 11.6 Å². The highest BCUT2D eigenvalue weighted by Gasteiger charge is 2.38. The third-order valence-electron chi connectivity index (χ3n) is 3.17. The lowest BCUT2D eigenvalue weighted by Crippen LogP contribution is -2.42. The Kier molecular flexibility index (Phi) is 3.95. The van der Waals surface area contributed by atoms with E-state index in [1.54, 1.807) is 0 Å². The second kappa shape index (κ2) is 4.12. The van der Waals surface area contributed by atoms with E-state index in [1.165, 1.54) is 0 Å². The summed E-state index contributed by atoms with van der Waals surface area (Å²) in [7, 11) is 0. The first-order chi connectivity index (χ1) is 5.77. The predicted molar refractivity (Wildman–Crippen MR) is 54.5 cm³/mol. The van der Waals surface area contributed by atoms with Crippen molar-refractivity contribution in [3.05, 3.63) is 0 Å². The van der Waals surface area contributed by atoms with E-state index in [-0.39, 0.29) is 17.0 Å². The summed E-state index contributed by atoms with van der Waals surface area (Å²) in [4.78, 5) is 11.2. The smallest absolute Gasteiger partial charge is 0.306 e. The molecule has 0 aliphatic rings. The van der Waals surface area contributed by atoms with Crippen molar-refractivity contribution in [1.29, 1.82) is 0 Å². The van der Waals surface area contributed by atoms with Gasteiger partial charge in [-0.05, 0) is 20.3 Å². The van der Waals surface area contributed by atoms with Crippen molar-refractivity contribution in [2.75, 3.05) is 0 Å². The maximum absolute atomic E-state index is 11.2. The van der Waals surface area contributed by atoms with E-state index >= 15 is 0 Å². The van der Waals surface area contributed by atoms with E-state index < -0.39 is 0 Å². The lowest BCUT2D eigenvalue weighted by atomic mass is 9.75. The molecule has 2 heteroatoms. The molecular weight excluding hydrogens is 164 g/mol. The number of carbonyl (C=O) groups is 1. The molecule has 0 atom stereocenters. The summed E-state index contributed by atoms with van der Waals surface area (Å²) in [6, 6.07) is 0. The van der Waals surface area contributed by atoms with Gasteiger partial charge >= 0.3 is 5.97 Å². The molecule has 2 nitrogen and oxygen atoms in total. The Hall–Kier alpha value is -0.530. The van der Waals surface area contributed by atoms with Crippen LogP contribution in [0.15, 0.2) is 0 Å². The van der Waals surface area contributed by atoms with Crippen molar-refractivity contribution in [3.8, 4) is 0 Å². The molecular formula is C11H22O2. The highest BCUT2D eigenvalue weighted by molar-refractivity contribution is 5.69. The molecule has 0 bridgehead atoms. The second-order valence-electron chi connectivity index (χ2n) is 4.58. The molecule has 0 aromatic heterocycles. The average Bonchev–Trinajstić information content (AvgIpc) is 2.03. The van der Waals surface area contributed by atoms with Gasteiger partial charge in [-0.1, -0.05) is 27.7 Å². The first kappa shape index (κ1) is 12.5. The van der Waals surface area contributed by atoms with Gasteiger partial charge in [0.05, 0.1) is 0 Å². The first-order valence-electron chi connectivity index (χ1n) is 4.98. The normalized spacial score (nSPS) is 12.8. The number of rotatable bonds is 4. The van der Waals surface area contributed by atoms with Crippen molar-refractivity contribution < 1.29 is 9.53 Å². The minimum absolute atomic E-state index is 0.0256. The third-order valence-corrected chi connectivity index (χ3v) is 3.17. The largest absolute Gasteiger partial charge is 0.459 e. The van der Waals surface area contributed by atoms with Crippen LogP contribution in [0.1, 0.15) is 54.4 Å². The summed E-state index contributed by atoms with van der Waals surface area (Å²) in [5.41, 5.74) is -0.354. The van der Waals surface area contributed by atoms with Gasteiger partial charge in [0.1, 0.15) is 5.60 Å². The number of esters is 1. The number of carbonyl (C=O) groups excluding carboxylic acids is 1. The van der Waals surface area contributed by atoms with Gasteiger partial charge in [0.15, 0.2) is 0 Å². The molecule has 0 amide bonds. The van der Waals surface area contributed by atoms with Gasteiger partial charge in [-0.25, -0.2) is 0 Å². The van der Waals surface area contributed by atoms with Gasteiger partial charge in [-0.15, -0.1) is 0 Å². The minimum Gasteiger partial charge on any atom is -0.459 e. The lowest BCUT2D eigenvalue weighted by Gasteiger charge is -2.40. The van der Waals surface area contributed by atoms with Crippen LogP contribution in [0.25, 0.3) is 0 Å². The summed E-state index contributed by atoms with van der Waals surface area (Å²) in [5.74, 6) is -0.119. The van der Waals surface area contributed by atoms with Gasteiger partial charge in [0, 0.05) is 11.8 Å². The molecule has 0 heterocycles. The number of hydrogen-bond acceptors (Lipinski definition) is 2. The Morgan fingerprint density at radius 3 is 1.92 bits per heavy atom.